The Morgan fingerprint density at radius 1 is 1.17 bits per heavy atom. The van der Waals surface area contributed by atoms with Gasteiger partial charge in [-0.05, 0) is 39.7 Å². The van der Waals surface area contributed by atoms with Gasteiger partial charge in [-0.1, -0.05) is 0 Å². The predicted molar refractivity (Wildman–Crippen MR) is 109 cm³/mol. The molecule has 168 valence electrons. The van der Waals surface area contributed by atoms with Gasteiger partial charge in [0.05, 0.1) is 13.2 Å². The number of amides is 2. The number of hydrogen-bond donors (Lipinski definition) is 2. The Balaban J connectivity index is 1.53. The summed E-state index contributed by atoms with van der Waals surface area (Å²) in [5.74, 6) is -0.367. The van der Waals surface area contributed by atoms with E-state index in [-0.39, 0.29) is 28.6 Å². The number of aromatic nitrogens is 1. The van der Waals surface area contributed by atoms with Gasteiger partial charge in [0.15, 0.2) is 0 Å². The van der Waals surface area contributed by atoms with Crippen molar-refractivity contribution in [2.24, 2.45) is 0 Å². The fourth-order valence-corrected chi connectivity index (χ4v) is 4.79. The van der Waals surface area contributed by atoms with E-state index in [2.05, 4.69) is 10.3 Å². The molecule has 2 saturated heterocycles. The van der Waals surface area contributed by atoms with Crippen molar-refractivity contribution in [1.29, 1.82) is 0 Å². The lowest BCUT2D eigenvalue weighted by atomic mass is 10.1. The van der Waals surface area contributed by atoms with E-state index in [0.717, 1.165) is 0 Å². The Morgan fingerprint density at radius 2 is 1.80 bits per heavy atom. The zero-order valence-electron chi connectivity index (χ0n) is 17.6. The number of morpholine rings is 1. The predicted octanol–water partition coefficient (Wildman–Crippen LogP) is 1.16. The van der Waals surface area contributed by atoms with Crippen LogP contribution in [-0.4, -0.2) is 85.6 Å². The molecule has 3 heterocycles. The Bertz CT molecular complexity index is 862. The van der Waals surface area contributed by atoms with Crippen LogP contribution >= 0.6 is 0 Å². The van der Waals surface area contributed by atoms with Crippen LogP contribution in [0.15, 0.2) is 17.2 Å². The number of nitrogens with one attached hydrogen (secondary N) is 2. The average molecular weight is 443 g/mol. The average Bonchev–Trinajstić information content (AvgIpc) is 3.19. The molecule has 0 spiro atoms. The monoisotopic (exact) mass is 442 g/mol. The molecule has 2 aliphatic rings. The van der Waals surface area contributed by atoms with Crippen molar-refractivity contribution in [3.8, 4) is 0 Å². The van der Waals surface area contributed by atoms with Gasteiger partial charge < -0.3 is 24.7 Å². The van der Waals surface area contributed by atoms with E-state index in [1.54, 1.807) is 4.90 Å². The Hall–Kier alpha value is -2.11. The number of aromatic amines is 1. The molecule has 2 N–H and O–H groups in total. The summed E-state index contributed by atoms with van der Waals surface area (Å²) in [4.78, 5) is 29.1. The number of rotatable bonds is 4. The number of H-pyrrole nitrogens is 1. The zero-order valence-corrected chi connectivity index (χ0v) is 18.5. The van der Waals surface area contributed by atoms with Crippen molar-refractivity contribution in [3.63, 3.8) is 0 Å². The largest absolute Gasteiger partial charge is 0.444 e. The Kier molecular flexibility index (Phi) is 6.73. The molecule has 0 unspecified atom stereocenters. The molecule has 2 fully saturated rings. The van der Waals surface area contributed by atoms with Crippen LogP contribution in [0, 0.1) is 0 Å². The molecule has 0 bridgehead atoms. The summed E-state index contributed by atoms with van der Waals surface area (Å²) in [6, 6.07) is 1.26. The summed E-state index contributed by atoms with van der Waals surface area (Å²) in [6.07, 6.45) is 2.19. The van der Waals surface area contributed by atoms with Crippen LogP contribution in [0.4, 0.5) is 4.79 Å². The maximum Gasteiger partial charge on any atom is 0.410 e. The van der Waals surface area contributed by atoms with Crippen LogP contribution < -0.4 is 5.32 Å². The maximum absolute atomic E-state index is 12.7. The minimum absolute atomic E-state index is 0.0642. The molecular formula is C19H30N4O6S. The summed E-state index contributed by atoms with van der Waals surface area (Å²) in [7, 11) is -3.66. The molecule has 11 heteroatoms. The summed E-state index contributed by atoms with van der Waals surface area (Å²) in [6.45, 7) is 7.75. The van der Waals surface area contributed by atoms with Crippen LogP contribution in [0.3, 0.4) is 0 Å². The van der Waals surface area contributed by atoms with Crippen molar-refractivity contribution >= 4 is 22.0 Å². The molecule has 2 aliphatic heterocycles. The van der Waals surface area contributed by atoms with Gasteiger partial charge in [0, 0.05) is 38.4 Å². The van der Waals surface area contributed by atoms with Crippen molar-refractivity contribution < 1.29 is 27.5 Å². The molecule has 0 aromatic carbocycles. The third-order valence-corrected chi connectivity index (χ3v) is 6.87. The van der Waals surface area contributed by atoms with E-state index in [1.807, 2.05) is 20.8 Å². The minimum Gasteiger partial charge on any atom is -0.444 e. The number of hydrogen-bond acceptors (Lipinski definition) is 6. The van der Waals surface area contributed by atoms with E-state index >= 15 is 0 Å². The number of likely N-dealkylation sites (tertiary alicyclic amines) is 1. The first-order valence-electron chi connectivity index (χ1n) is 10.1. The third kappa shape index (κ3) is 5.52. The van der Waals surface area contributed by atoms with Gasteiger partial charge in [-0.25, -0.2) is 13.2 Å². The first-order chi connectivity index (χ1) is 14.1. The maximum atomic E-state index is 12.7. The second kappa shape index (κ2) is 8.94. The van der Waals surface area contributed by atoms with Crippen LogP contribution in [0.2, 0.25) is 0 Å². The Labute approximate surface area is 176 Å². The number of piperidine rings is 1. The van der Waals surface area contributed by atoms with Crippen LogP contribution in [0.5, 0.6) is 0 Å². The highest BCUT2D eigenvalue weighted by atomic mass is 32.2. The number of nitrogens with zero attached hydrogens (tertiary/aromatic N) is 2. The van der Waals surface area contributed by atoms with Crippen molar-refractivity contribution in [1.82, 2.24) is 19.5 Å². The fourth-order valence-electron chi connectivity index (χ4n) is 3.39. The van der Waals surface area contributed by atoms with E-state index < -0.39 is 15.6 Å². The molecule has 2 amide bonds. The van der Waals surface area contributed by atoms with Gasteiger partial charge in [-0.15, -0.1) is 0 Å². The molecule has 1 aromatic rings. The summed E-state index contributed by atoms with van der Waals surface area (Å²) in [5, 5.41) is 2.91. The molecule has 0 aliphatic carbocycles. The van der Waals surface area contributed by atoms with E-state index in [1.165, 1.54) is 16.6 Å². The summed E-state index contributed by atoms with van der Waals surface area (Å²) in [5.41, 5.74) is -0.355. The lowest BCUT2D eigenvalue weighted by molar-refractivity contribution is 0.0199. The third-order valence-electron chi connectivity index (χ3n) is 4.99. The lowest BCUT2D eigenvalue weighted by Crippen LogP contribution is -2.47. The van der Waals surface area contributed by atoms with E-state index in [0.29, 0.717) is 52.2 Å². The van der Waals surface area contributed by atoms with Crippen molar-refractivity contribution in [3.05, 3.63) is 18.0 Å². The number of carbonyl (C=O) groups is 2. The van der Waals surface area contributed by atoms with Gasteiger partial charge in [0.25, 0.3) is 5.91 Å². The zero-order chi connectivity index (χ0) is 21.9. The fraction of sp³-hybridized carbons (Fsp3) is 0.684. The molecule has 30 heavy (non-hydrogen) atoms. The lowest BCUT2D eigenvalue weighted by Gasteiger charge is -2.33. The van der Waals surface area contributed by atoms with Gasteiger partial charge in [0.2, 0.25) is 10.0 Å². The van der Waals surface area contributed by atoms with Crippen molar-refractivity contribution in [2.45, 2.75) is 50.2 Å². The molecule has 3 rings (SSSR count). The highest BCUT2D eigenvalue weighted by Gasteiger charge is 2.30. The molecule has 0 radical (unpaired) electrons. The topological polar surface area (TPSA) is 121 Å². The van der Waals surface area contributed by atoms with Crippen LogP contribution in [0.25, 0.3) is 0 Å². The second-order valence-electron chi connectivity index (χ2n) is 8.48. The first kappa shape index (κ1) is 22.6. The normalized spacial score (nSPS) is 19.5. The highest BCUT2D eigenvalue weighted by molar-refractivity contribution is 7.89. The van der Waals surface area contributed by atoms with Crippen LogP contribution in [0.1, 0.15) is 44.1 Å². The van der Waals surface area contributed by atoms with Gasteiger partial charge in [-0.3, -0.25) is 4.79 Å². The number of carbonyl (C=O) groups excluding carboxylic acids is 2. The van der Waals surface area contributed by atoms with Crippen LogP contribution in [-0.2, 0) is 19.5 Å². The number of sulfonamides is 1. The van der Waals surface area contributed by atoms with Gasteiger partial charge in [-0.2, -0.15) is 4.31 Å². The number of ether oxygens (including phenoxy) is 2. The summed E-state index contributed by atoms with van der Waals surface area (Å²) >= 11 is 0. The first-order valence-corrected chi connectivity index (χ1v) is 11.6. The molecular weight excluding hydrogens is 412 g/mol. The summed E-state index contributed by atoms with van der Waals surface area (Å²) < 4.78 is 37.3. The molecule has 10 nitrogen and oxygen atoms in total. The molecule has 1 aromatic heterocycles. The van der Waals surface area contributed by atoms with Gasteiger partial charge >= 0.3 is 6.09 Å². The highest BCUT2D eigenvalue weighted by Crippen LogP contribution is 2.19. The smallest absolute Gasteiger partial charge is 0.410 e. The van der Waals surface area contributed by atoms with Gasteiger partial charge in [0.1, 0.15) is 16.2 Å². The standard InChI is InChI=1S/C19H30N4O6S/c1-19(2,3)29-18(25)22-6-4-14(5-7-22)21-17(24)16-12-15(13-20-16)30(26,27)23-8-10-28-11-9-23/h12-14,20H,4-11H2,1-3H3,(H,21,24). The van der Waals surface area contributed by atoms with Crippen molar-refractivity contribution in [2.75, 3.05) is 39.4 Å². The molecule has 0 atom stereocenters. The second-order valence-corrected chi connectivity index (χ2v) is 10.4. The minimum atomic E-state index is -3.66. The molecule has 0 saturated carbocycles. The quantitative estimate of drug-likeness (QED) is 0.722. The van der Waals surface area contributed by atoms with E-state index in [9.17, 15) is 18.0 Å². The Morgan fingerprint density at radius 3 is 2.40 bits per heavy atom. The SMILES string of the molecule is CC(C)(C)OC(=O)N1CCC(NC(=O)c2cc(S(=O)(=O)N3CCOCC3)c[nH]2)CC1. The van der Waals surface area contributed by atoms with E-state index in [4.69, 9.17) is 9.47 Å².